The Morgan fingerprint density at radius 1 is 1.41 bits per heavy atom. The van der Waals surface area contributed by atoms with Gasteiger partial charge < -0.3 is 15.2 Å². The van der Waals surface area contributed by atoms with E-state index in [1.54, 1.807) is 12.1 Å². The van der Waals surface area contributed by atoms with Gasteiger partial charge in [0.15, 0.2) is 5.96 Å². The highest BCUT2D eigenvalue weighted by Crippen LogP contribution is 2.24. The second-order valence-corrected chi connectivity index (χ2v) is 5.79. The minimum Gasteiger partial charge on any atom is -0.370 e. The normalized spacial score (nSPS) is 15.1. The molecule has 0 saturated heterocycles. The number of rotatable bonds is 5. The fourth-order valence-electron chi connectivity index (χ4n) is 2.10. The van der Waals surface area contributed by atoms with Gasteiger partial charge in [0.05, 0.1) is 6.54 Å². The highest BCUT2D eigenvalue weighted by molar-refractivity contribution is 6.30. The van der Waals surface area contributed by atoms with Crippen LogP contribution in [0.4, 0.5) is 0 Å². The van der Waals surface area contributed by atoms with Crippen LogP contribution in [0.25, 0.3) is 11.4 Å². The van der Waals surface area contributed by atoms with E-state index in [1.807, 2.05) is 24.1 Å². The number of hydrogen-bond acceptors (Lipinski definition) is 4. The van der Waals surface area contributed by atoms with E-state index in [1.165, 1.54) is 12.8 Å². The van der Waals surface area contributed by atoms with Crippen LogP contribution in [0.1, 0.15) is 18.7 Å². The van der Waals surface area contributed by atoms with Gasteiger partial charge in [0.25, 0.3) is 0 Å². The van der Waals surface area contributed by atoms with Crippen LogP contribution < -0.4 is 5.73 Å². The maximum Gasteiger partial charge on any atom is 0.228 e. The van der Waals surface area contributed by atoms with E-state index in [0.717, 1.165) is 5.56 Å². The van der Waals surface area contributed by atoms with Crippen LogP contribution in [0.5, 0.6) is 0 Å². The second-order valence-electron chi connectivity index (χ2n) is 5.35. The molecule has 0 amide bonds. The van der Waals surface area contributed by atoms with Gasteiger partial charge in [0.1, 0.15) is 0 Å². The highest BCUT2D eigenvalue weighted by atomic mass is 35.5. The van der Waals surface area contributed by atoms with Crippen LogP contribution in [0.3, 0.4) is 0 Å². The van der Waals surface area contributed by atoms with Crippen molar-refractivity contribution in [3.63, 3.8) is 0 Å². The van der Waals surface area contributed by atoms with Gasteiger partial charge in [0.2, 0.25) is 11.7 Å². The van der Waals surface area contributed by atoms with E-state index in [9.17, 15) is 0 Å². The van der Waals surface area contributed by atoms with Gasteiger partial charge in [-0.25, -0.2) is 0 Å². The Bertz CT molecular complexity index is 663. The minimum atomic E-state index is 0.533. The van der Waals surface area contributed by atoms with Gasteiger partial charge >= 0.3 is 0 Å². The summed E-state index contributed by atoms with van der Waals surface area (Å²) in [5.74, 6) is 1.68. The van der Waals surface area contributed by atoms with Gasteiger partial charge in [-0.3, -0.25) is 4.99 Å². The number of benzene rings is 1. The summed E-state index contributed by atoms with van der Waals surface area (Å²) in [4.78, 5) is 10.7. The van der Waals surface area contributed by atoms with Crippen molar-refractivity contribution in [2.24, 2.45) is 10.7 Å². The first-order chi connectivity index (χ1) is 10.6. The van der Waals surface area contributed by atoms with Gasteiger partial charge in [-0.05, 0) is 37.1 Å². The molecule has 1 saturated carbocycles. The van der Waals surface area contributed by atoms with E-state index in [2.05, 4.69) is 15.1 Å². The van der Waals surface area contributed by atoms with Gasteiger partial charge in [-0.15, -0.1) is 0 Å². The summed E-state index contributed by atoms with van der Waals surface area (Å²) in [7, 11) is 1.97. The monoisotopic (exact) mass is 319 g/mol. The Balaban J connectivity index is 1.57. The van der Waals surface area contributed by atoms with Crippen molar-refractivity contribution in [1.29, 1.82) is 0 Å². The molecule has 0 radical (unpaired) electrons. The predicted molar refractivity (Wildman–Crippen MR) is 85.7 cm³/mol. The Kier molecular flexibility index (Phi) is 4.29. The third-order valence-corrected chi connectivity index (χ3v) is 3.88. The molecule has 0 aliphatic heterocycles. The fraction of sp³-hybridized carbons (Fsp3) is 0.400. The van der Waals surface area contributed by atoms with Crippen molar-refractivity contribution < 1.29 is 4.52 Å². The fourth-order valence-corrected chi connectivity index (χ4v) is 2.23. The number of hydrogen-bond donors (Lipinski definition) is 1. The zero-order chi connectivity index (χ0) is 15.5. The minimum absolute atomic E-state index is 0.533. The molecular weight excluding hydrogens is 302 g/mol. The lowest BCUT2D eigenvalue weighted by atomic mass is 10.2. The van der Waals surface area contributed by atoms with Crippen molar-refractivity contribution >= 4 is 17.6 Å². The lowest BCUT2D eigenvalue weighted by Crippen LogP contribution is -2.35. The number of nitrogens with two attached hydrogens (primary N) is 1. The first-order valence-corrected chi connectivity index (χ1v) is 7.62. The molecule has 116 valence electrons. The molecule has 1 fully saturated rings. The summed E-state index contributed by atoms with van der Waals surface area (Å²) in [6.07, 6.45) is 2.96. The molecule has 0 unspecified atom stereocenters. The highest BCUT2D eigenvalue weighted by Gasteiger charge is 2.27. The molecule has 1 heterocycles. The average Bonchev–Trinajstić information content (AvgIpc) is 3.26. The number of aliphatic imine (C=N–C) groups is 1. The number of nitrogens with zero attached hydrogens (tertiary/aromatic N) is 4. The van der Waals surface area contributed by atoms with Crippen molar-refractivity contribution in [3.05, 3.63) is 35.2 Å². The maximum atomic E-state index is 5.93. The standard InChI is InChI=1S/C15H18ClN5O/c1-21(12-6-7-12)15(17)18-9-8-13-19-14(20-22-13)10-2-4-11(16)5-3-10/h2-5,12H,6-9H2,1H3,(H2,17,18). The van der Waals surface area contributed by atoms with Crippen LogP contribution in [-0.4, -0.2) is 40.6 Å². The SMILES string of the molecule is CN(C(N)=NCCc1nc(-c2ccc(Cl)cc2)no1)C1CC1. The molecule has 7 heteroatoms. The Labute approximate surface area is 134 Å². The summed E-state index contributed by atoms with van der Waals surface area (Å²) in [5, 5.41) is 4.65. The van der Waals surface area contributed by atoms with Gasteiger partial charge in [-0.2, -0.15) is 4.98 Å². The van der Waals surface area contributed by atoms with Gasteiger partial charge in [0, 0.05) is 30.1 Å². The maximum absolute atomic E-state index is 5.93. The topological polar surface area (TPSA) is 80.5 Å². The quantitative estimate of drug-likeness (QED) is 0.676. The Morgan fingerprint density at radius 3 is 2.82 bits per heavy atom. The molecular formula is C15H18ClN5O. The van der Waals surface area contributed by atoms with E-state index in [-0.39, 0.29) is 0 Å². The first kappa shape index (κ1) is 14.8. The van der Waals surface area contributed by atoms with E-state index in [4.69, 9.17) is 21.9 Å². The number of halogens is 1. The summed E-state index contributed by atoms with van der Waals surface area (Å²) in [5.41, 5.74) is 6.80. The summed E-state index contributed by atoms with van der Waals surface area (Å²) in [6.45, 7) is 0.533. The summed E-state index contributed by atoms with van der Waals surface area (Å²) >= 11 is 5.86. The first-order valence-electron chi connectivity index (χ1n) is 7.25. The molecule has 0 atom stereocenters. The second kappa shape index (κ2) is 6.36. The zero-order valence-corrected chi connectivity index (χ0v) is 13.1. The van der Waals surface area contributed by atoms with Crippen LogP contribution in [0, 0.1) is 0 Å². The smallest absolute Gasteiger partial charge is 0.228 e. The molecule has 2 N–H and O–H groups in total. The third kappa shape index (κ3) is 3.57. The van der Waals surface area contributed by atoms with E-state index < -0.39 is 0 Å². The third-order valence-electron chi connectivity index (χ3n) is 3.63. The van der Waals surface area contributed by atoms with Gasteiger partial charge in [-0.1, -0.05) is 16.8 Å². The Morgan fingerprint density at radius 2 is 2.14 bits per heavy atom. The molecule has 1 aliphatic rings. The molecule has 0 bridgehead atoms. The van der Waals surface area contributed by atoms with Crippen LogP contribution in [0.2, 0.25) is 5.02 Å². The zero-order valence-electron chi connectivity index (χ0n) is 12.4. The van der Waals surface area contributed by atoms with E-state index in [0.29, 0.717) is 41.7 Å². The number of aromatic nitrogens is 2. The molecule has 1 aromatic heterocycles. The molecule has 3 rings (SSSR count). The Hall–Kier alpha value is -2.08. The van der Waals surface area contributed by atoms with Crippen molar-refractivity contribution in [1.82, 2.24) is 15.0 Å². The molecule has 0 spiro atoms. The predicted octanol–water partition coefficient (Wildman–Crippen LogP) is 2.34. The van der Waals surface area contributed by atoms with Crippen molar-refractivity contribution in [2.45, 2.75) is 25.3 Å². The molecule has 2 aromatic rings. The summed E-state index contributed by atoms with van der Waals surface area (Å²) < 4.78 is 5.23. The average molecular weight is 320 g/mol. The van der Waals surface area contributed by atoms with Crippen molar-refractivity contribution in [2.75, 3.05) is 13.6 Å². The molecule has 6 nitrogen and oxygen atoms in total. The number of guanidine groups is 1. The largest absolute Gasteiger partial charge is 0.370 e. The van der Waals surface area contributed by atoms with Crippen molar-refractivity contribution in [3.8, 4) is 11.4 Å². The van der Waals surface area contributed by atoms with Crippen LogP contribution in [0.15, 0.2) is 33.8 Å². The lowest BCUT2D eigenvalue weighted by molar-refractivity contribution is 0.380. The molecule has 1 aromatic carbocycles. The molecule has 1 aliphatic carbocycles. The van der Waals surface area contributed by atoms with Crippen LogP contribution in [-0.2, 0) is 6.42 Å². The van der Waals surface area contributed by atoms with E-state index >= 15 is 0 Å². The lowest BCUT2D eigenvalue weighted by Gasteiger charge is -2.16. The summed E-state index contributed by atoms with van der Waals surface area (Å²) in [6, 6.07) is 7.87. The molecule has 22 heavy (non-hydrogen) atoms. The van der Waals surface area contributed by atoms with Crippen LogP contribution >= 0.6 is 11.6 Å².